The van der Waals surface area contributed by atoms with Crippen LogP contribution in [0.4, 0.5) is 0 Å². The predicted octanol–water partition coefficient (Wildman–Crippen LogP) is 1.80. The normalized spacial score (nSPS) is 12.7. The van der Waals surface area contributed by atoms with E-state index in [0.29, 0.717) is 12.5 Å². The number of guanidine groups is 1. The quantitative estimate of drug-likeness (QED) is 0.230. The largest absolute Gasteiger partial charge is 0.381 e. The van der Waals surface area contributed by atoms with Crippen molar-refractivity contribution < 1.29 is 13.2 Å². The van der Waals surface area contributed by atoms with Crippen LogP contribution in [-0.2, 0) is 14.6 Å². The molecule has 0 spiro atoms. The van der Waals surface area contributed by atoms with Gasteiger partial charge in [-0.15, -0.1) is 24.0 Å². The lowest BCUT2D eigenvalue weighted by Crippen LogP contribution is -2.47. The zero-order valence-corrected chi connectivity index (χ0v) is 17.6. The van der Waals surface area contributed by atoms with E-state index in [1.807, 2.05) is 0 Å². The molecule has 0 aliphatic heterocycles. The molecule has 2 N–H and O–H groups in total. The second-order valence-corrected chi connectivity index (χ2v) is 8.35. The molecule has 0 aromatic heterocycles. The maximum absolute atomic E-state index is 11.6. The van der Waals surface area contributed by atoms with Gasteiger partial charge in [0.1, 0.15) is 0 Å². The highest BCUT2D eigenvalue weighted by molar-refractivity contribution is 14.0. The number of hydrogen-bond acceptors (Lipinski definition) is 4. The molecule has 8 heteroatoms. The van der Waals surface area contributed by atoms with Crippen LogP contribution in [0.1, 0.15) is 40.0 Å². The lowest BCUT2D eigenvalue weighted by atomic mass is 10.2. The van der Waals surface area contributed by atoms with Crippen molar-refractivity contribution in [1.29, 1.82) is 0 Å². The highest BCUT2D eigenvalue weighted by atomic mass is 127. The number of nitrogens with zero attached hydrogens (tertiary/aromatic N) is 1. The number of hydrogen-bond donors (Lipinski definition) is 2. The monoisotopic (exact) mass is 449 g/mol. The Morgan fingerprint density at radius 2 is 1.77 bits per heavy atom. The van der Waals surface area contributed by atoms with Gasteiger partial charge in [-0.1, -0.05) is 13.3 Å². The number of aliphatic imine (C=N–C) groups is 1. The van der Waals surface area contributed by atoms with Crippen LogP contribution in [0.3, 0.4) is 0 Å². The van der Waals surface area contributed by atoms with Crippen LogP contribution in [0.15, 0.2) is 4.99 Å². The van der Waals surface area contributed by atoms with E-state index in [0.717, 1.165) is 39.0 Å². The molecule has 0 aliphatic carbocycles. The van der Waals surface area contributed by atoms with Crippen LogP contribution < -0.4 is 10.6 Å². The molecule has 6 nitrogen and oxygen atoms in total. The van der Waals surface area contributed by atoms with Gasteiger partial charge in [-0.25, -0.2) is 8.42 Å². The minimum atomic E-state index is -3.11. The third-order valence-electron chi connectivity index (χ3n) is 3.31. The Hall–Kier alpha value is -0.0900. The molecule has 0 radical (unpaired) electrons. The Kier molecular flexibility index (Phi) is 13.6. The first-order valence-corrected chi connectivity index (χ1v) is 9.35. The summed E-state index contributed by atoms with van der Waals surface area (Å²) >= 11 is 0. The summed E-state index contributed by atoms with van der Waals surface area (Å²) in [4.78, 5) is 4.08. The van der Waals surface area contributed by atoms with Gasteiger partial charge in [-0.3, -0.25) is 4.99 Å². The van der Waals surface area contributed by atoms with Crippen LogP contribution in [-0.4, -0.2) is 58.7 Å². The number of halogens is 1. The Labute approximate surface area is 152 Å². The van der Waals surface area contributed by atoms with E-state index >= 15 is 0 Å². The minimum Gasteiger partial charge on any atom is -0.381 e. The second kappa shape index (κ2) is 12.3. The van der Waals surface area contributed by atoms with Gasteiger partial charge in [0.2, 0.25) is 0 Å². The molecule has 0 unspecified atom stereocenters. The average Bonchev–Trinajstić information content (AvgIpc) is 2.39. The standard InChI is InChI=1S/C14H31N3O3S.HI/c1-6-7-10-20-11-8-9-16-13(15-4)17-12-14(2,3)21(5,18)19;/h6-12H2,1-5H3,(H2,15,16,17);1H. The molecular weight excluding hydrogens is 417 g/mol. The van der Waals surface area contributed by atoms with Crippen LogP contribution >= 0.6 is 24.0 Å². The Morgan fingerprint density at radius 1 is 1.18 bits per heavy atom. The van der Waals surface area contributed by atoms with E-state index < -0.39 is 14.6 Å². The first-order chi connectivity index (χ1) is 9.74. The van der Waals surface area contributed by atoms with E-state index in [4.69, 9.17) is 4.74 Å². The highest BCUT2D eigenvalue weighted by Gasteiger charge is 2.30. The lowest BCUT2D eigenvalue weighted by molar-refractivity contribution is 0.129. The summed E-state index contributed by atoms with van der Waals surface area (Å²) in [5.41, 5.74) is 0. The molecule has 0 amide bonds. The fraction of sp³-hybridized carbons (Fsp3) is 0.929. The van der Waals surface area contributed by atoms with Crippen LogP contribution in [0.5, 0.6) is 0 Å². The number of nitrogens with one attached hydrogen (secondary N) is 2. The molecule has 0 bridgehead atoms. The number of ether oxygens (including phenoxy) is 1. The van der Waals surface area contributed by atoms with E-state index in [9.17, 15) is 8.42 Å². The summed E-state index contributed by atoms with van der Waals surface area (Å²) in [7, 11) is -1.44. The maximum atomic E-state index is 11.6. The zero-order chi connectivity index (χ0) is 16.4. The molecule has 0 saturated heterocycles. The Morgan fingerprint density at radius 3 is 2.27 bits per heavy atom. The van der Waals surface area contributed by atoms with Crippen molar-refractivity contribution >= 4 is 39.8 Å². The van der Waals surface area contributed by atoms with E-state index in [-0.39, 0.29) is 24.0 Å². The Balaban J connectivity index is 0. The van der Waals surface area contributed by atoms with Crippen molar-refractivity contribution in [2.24, 2.45) is 4.99 Å². The van der Waals surface area contributed by atoms with E-state index in [1.54, 1.807) is 20.9 Å². The van der Waals surface area contributed by atoms with Gasteiger partial charge in [-0.05, 0) is 26.7 Å². The van der Waals surface area contributed by atoms with Gasteiger partial charge in [0.15, 0.2) is 15.8 Å². The van der Waals surface area contributed by atoms with Crippen molar-refractivity contribution in [2.45, 2.75) is 44.8 Å². The van der Waals surface area contributed by atoms with Crippen LogP contribution in [0.25, 0.3) is 0 Å². The second-order valence-electron chi connectivity index (χ2n) is 5.70. The van der Waals surface area contributed by atoms with E-state index in [2.05, 4.69) is 22.5 Å². The Bertz CT molecular complexity index is 412. The van der Waals surface area contributed by atoms with Crippen LogP contribution in [0.2, 0.25) is 0 Å². The zero-order valence-electron chi connectivity index (χ0n) is 14.4. The first kappa shape index (κ1) is 24.2. The number of rotatable bonds is 10. The van der Waals surface area contributed by atoms with Crippen LogP contribution in [0, 0.1) is 0 Å². The van der Waals surface area contributed by atoms with E-state index in [1.165, 1.54) is 6.26 Å². The summed E-state index contributed by atoms with van der Waals surface area (Å²) in [6, 6.07) is 0. The average molecular weight is 449 g/mol. The molecule has 0 saturated carbocycles. The first-order valence-electron chi connectivity index (χ1n) is 7.46. The molecule has 0 aromatic rings. The maximum Gasteiger partial charge on any atom is 0.191 e. The van der Waals surface area contributed by atoms with Gasteiger partial charge >= 0.3 is 0 Å². The number of unbranched alkanes of at least 4 members (excludes halogenated alkanes) is 1. The topological polar surface area (TPSA) is 79.8 Å². The molecule has 22 heavy (non-hydrogen) atoms. The molecule has 0 heterocycles. The fourth-order valence-corrected chi connectivity index (χ4v) is 1.71. The molecule has 0 aliphatic rings. The van der Waals surface area contributed by atoms with Crippen molar-refractivity contribution in [3.8, 4) is 0 Å². The number of sulfone groups is 1. The van der Waals surface area contributed by atoms with Gasteiger partial charge in [-0.2, -0.15) is 0 Å². The summed E-state index contributed by atoms with van der Waals surface area (Å²) in [6.45, 7) is 8.13. The third-order valence-corrected chi connectivity index (χ3v) is 5.46. The summed E-state index contributed by atoms with van der Waals surface area (Å²) in [5, 5.41) is 6.19. The van der Waals surface area contributed by atoms with Crippen molar-refractivity contribution in [2.75, 3.05) is 39.6 Å². The smallest absolute Gasteiger partial charge is 0.191 e. The SMILES string of the molecule is CCCCOCCCNC(=NC)NCC(C)(C)S(C)(=O)=O.I. The highest BCUT2D eigenvalue weighted by Crippen LogP contribution is 2.13. The van der Waals surface area contributed by atoms with Gasteiger partial charge < -0.3 is 15.4 Å². The molecule has 0 fully saturated rings. The van der Waals surface area contributed by atoms with Gasteiger partial charge in [0.25, 0.3) is 0 Å². The summed E-state index contributed by atoms with van der Waals surface area (Å²) < 4.78 is 27.9. The lowest BCUT2D eigenvalue weighted by Gasteiger charge is -2.24. The fourth-order valence-electron chi connectivity index (χ4n) is 1.38. The van der Waals surface area contributed by atoms with Crippen molar-refractivity contribution in [3.05, 3.63) is 0 Å². The third kappa shape index (κ3) is 10.6. The van der Waals surface area contributed by atoms with Gasteiger partial charge in [0, 0.05) is 39.6 Å². The minimum absolute atomic E-state index is 0. The molecule has 0 aromatic carbocycles. The molecule has 134 valence electrons. The van der Waals surface area contributed by atoms with Gasteiger partial charge in [0.05, 0.1) is 4.75 Å². The molecular formula is C14H32IN3O3S. The summed E-state index contributed by atoms with van der Waals surface area (Å²) in [6.07, 6.45) is 4.38. The molecule has 0 atom stereocenters. The van der Waals surface area contributed by atoms with Crippen molar-refractivity contribution in [3.63, 3.8) is 0 Å². The van der Waals surface area contributed by atoms with Crippen molar-refractivity contribution in [1.82, 2.24) is 10.6 Å². The molecule has 0 rings (SSSR count). The summed E-state index contributed by atoms with van der Waals surface area (Å²) in [5.74, 6) is 0.611. The predicted molar refractivity (Wildman–Crippen MR) is 104 cm³/mol.